The molecule has 4 aliphatic heterocycles. The average Bonchev–Trinajstić information content (AvgIpc) is 3.52. The highest BCUT2D eigenvalue weighted by Gasteiger charge is 2.74. The van der Waals surface area contributed by atoms with Crippen molar-refractivity contribution in [3.8, 4) is 0 Å². The molecule has 0 aliphatic carbocycles. The molecule has 0 radical (unpaired) electrons. The van der Waals surface area contributed by atoms with E-state index < -0.39 is 17.4 Å². The van der Waals surface area contributed by atoms with Crippen LogP contribution in [0, 0.1) is 11.8 Å². The van der Waals surface area contributed by atoms with Gasteiger partial charge in [-0.05, 0) is 43.4 Å². The molecule has 2 aromatic rings. The van der Waals surface area contributed by atoms with E-state index in [2.05, 4.69) is 17.1 Å². The summed E-state index contributed by atoms with van der Waals surface area (Å²) < 4.78 is 0. The lowest BCUT2D eigenvalue weighted by Crippen LogP contribution is -2.54. The molecule has 4 unspecified atom stereocenters. The molecule has 0 saturated carbocycles. The van der Waals surface area contributed by atoms with Crippen LogP contribution in [0.3, 0.4) is 0 Å². The van der Waals surface area contributed by atoms with Crippen molar-refractivity contribution in [2.75, 3.05) is 18.4 Å². The summed E-state index contributed by atoms with van der Waals surface area (Å²) in [5.74, 6) is -1.51. The number of nitrogens with one attached hydrogen (secondary N) is 1. The van der Waals surface area contributed by atoms with Gasteiger partial charge in [-0.1, -0.05) is 55.5 Å². The van der Waals surface area contributed by atoms with Gasteiger partial charge in [0, 0.05) is 23.8 Å². The molecule has 164 valence electrons. The Labute approximate surface area is 187 Å². The van der Waals surface area contributed by atoms with E-state index in [0.29, 0.717) is 13.0 Å². The molecule has 4 aliphatic rings. The lowest BCUT2D eigenvalue weighted by atomic mass is 9.75. The summed E-state index contributed by atoms with van der Waals surface area (Å²) in [6.45, 7) is 3.17. The Morgan fingerprint density at radius 1 is 1.03 bits per heavy atom. The smallest absolute Gasteiger partial charge is 0.250 e. The fraction of sp³-hybridized carbons (Fsp3) is 0.423. The van der Waals surface area contributed by atoms with E-state index in [1.54, 1.807) is 0 Å². The van der Waals surface area contributed by atoms with Gasteiger partial charge in [-0.2, -0.15) is 0 Å². The molecule has 0 bridgehead atoms. The predicted molar refractivity (Wildman–Crippen MR) is 120 cm³/mol. The number of benzene rings is 2. The van der Waals surface area contributed by atoms with Crippen LogP contribution < -0.4 is 5.32 Å². The number of para-hydroxylation sites is 1. The van der Waals surface area contributed by atoms with Crippen molar-refractivity contribution in [3.05, 3.63) is 65.2 Å². The van der Waals surface area contributed by atoms with Gasteiger partial charge in [0.05, 0.1) is 11.8 Å². The van der Waals surface area contributed by atoms with Crippen molar-refractivity contribution in [2.45, 2.75) is 44.2 Å². The van der Waals surface area contributed by atoms with Gasteiger partial charge in [-0.25, -0.2) is 0 Å². The average molecular weight is 430 g/mol. The zero-order valence-electron chi connectivity index (χ0n) is 18.2. The third kappa shape index (κ3) is 2.36. The van der Waals surface area contributed by atoms with Crippen LogP contribution in [0.15, 0.2) is 48.5 Å². The number of fused-ring (bicyclic) bond motifs is 7. The van der Waals surface area contributed by atoms with Gasteiger partial charge in [0.2, 0.25) is 17.7 Å². The molecule has 4 heterocycles. The minimum absolute atomic E-state index is 0.0554. The second-order valence-corrected chi connectivity index (χ2v) is 9.38. The van der Waals surface area contributed by atoms with Crippen LogP contribution in [0.4, 0.5) is 5.69 Å². The molecule has 1 spiro atoms. The van der Waals surface area contributed by atoms with Gasteiger partial charge in [0.1, 0.15) is 5.54 Å². The minimum atomic E-state index is -1.07. The predicted octanol–water partition coefficient (Wildman–Crippen LogP) is 2.72. The third-order valence-electron chi connectivity index (χ3n) is 8.05. The highest BCUT2D eigenvalue weighted by Crippen LogP contribution is 2.60. The first-order valence-corrected chi connectivity index (χ1v) is 11.7. The zero-order chi connectivity index (χ0) is 22.0. The van der Waals surface area contributed by atoms with Crippen LogP contribution in [0.1, 0.15) is 36.5 Å². The summed E-state index contributed by atoms with van der Waals surface area (Å²) in [7, 11) is 0. The Hall–Kier alpha value is -2.99. The first-order valence-electron chi connectivity index (χ1n) is 11.7. The molecule has 3 saturated heterocycles. The molecule has 3 amide bonds. The van der Waals surface area contributed by atoms with Gasteiger partial charge >= 0.3 is 0 Å². The second-order valence-electron chi connectivity index (χ2n) is 9.38. The summed E-state index contributed by atoms with van der Waals surface area (Å²) in [6.07, 6.45) is 3.22. The Balaban J connectivity index is 1.43. The normalized spacial score (nSPS) is 30.7. The van der Waals surface area contributed by atoms with Gasteiger partial charge in [-0.3, -0.25) is 24.2 Å². The Bertz CT molecular complexity index is 1130. The molecule has 6 heteroatoms. The van der Waals surface area contributed by atoms with Gasteiger partial charge in [0.15, 0.2) is 0 Å². The highest BCUT2D eigenvalue weighted by molar-refractivity contribution is 6.15. The van der Waals surface area contributed by atoms with Crippen molar-refractivity contribution in [3.63, 3.8) is 0 Å². The number of nitrogens with zero attached hydrogens (tertiary/aromatic N) is 2. The molecule has 0 aromatic heterocycles. The van der Waals surface area contributed by atoms with Gasteiger partial charge < -0.3 is 5.32 Å². The minimum Gasteiger partial charge on any atom is -0.324 e. The topological polar surface area (TPSA) is 69.7 Å². The molecular weight excluding hydrogens is 402 g/mol. The van der Waals surface area contributed by atoms with E-state index in [-0.39, 0.29) is 23.8 Å². The number of imide groups is 1. The SMILES string of the molecule is CCc1cccc2c1NC(=O)C21C2C(=O)N(CCc3ccccc3)C(=O)C2C2CCCN21. The number of carbonyl (C=O) groups excluding carboxylic acids is 3. The summed E-state index contributed by atoms with van der Waals surface area (Å²) >= 11 is 0. The fourth-order valence-corrected chi connectivity index (χ4v) is 6.75. The summed E-state index contributed by atoms with van der Waals surface area (Å²) in [4.78, 5) is 44.7. The summed E-state index contributed by atoms with van der Waals surface area (Å²) in [6, 6.07) is 15.8. The fourth-order valence-electron chi connectivity index (χ4n) is 6.75. The van der Waals surface area contributed by atoms with Gasteiger partial charge in [0.25, 0.3) is 0 Å². The number of aryl methyl sites for hydroxylation is 1. The van der Waals surface area contributed by atoms with Crippen LogP contribution in [-0.2, 0) is 32.8 Å². The Morgan fingerprint density at radius 2 is 1.84 bits per heavy atom. The number of hydrogen-bond acceptors (Lipinski definition) is 4. The molecule has 1 N–H and O–H groups in total. The third-order valence-corrected chi connectivity index (χ3v) is 8.05. The quantitative estimate of drug-likeness (QED) is 0.759. The van der Waals surface area contributed by atoms with Crippen molar-refractivity contribution in [1.82, 2.24) is 9.80 Å². The van der Waals surface area contributed by atoms with E-state index in [1.165, 1.54) is 4.90 Å². The maximum absolute atomic E-state index is 13.8. The number of likely N-dealkylation sites (tertiary alicyclic amines) is 1. The van der Waals surface area contributed by atoms with E-state index in [9.17, 15) is 14.4 Å². The number of hydrogen-bond donors (Lipinski definition) is 1. The molecule has 2 aromatic carbocycles. The second kappa shape index (κ2) is 7.01. The lowest BCUT2D eigenvalue weighted by molar-refractivity contribution is -0.145. The number of carbonyl (C=O) groups is 3. The van der Waals surface area contributed by atoms with Crippen molar-refractivity contribution in [1.29, 1.82) is 0 Å². The van der Waals surface area contributed by atoms with E-state index in [4.69, 9.17) is 0 Å². The number of rotatable bonds is 4. The molecule has 3 fully saturated rings. The molecule has 6 nitrogen and oxygen atoms in total. The van der Waals surface area contributed by atoms with Gasteiger partial charge in [-0.15, -0.1) is 0 Å². The largest absolute Gasteiger partial charge is 0.324 e. The molecule has 4 atom stereocenters. The monoisotopic (exact) mass is 429 g/mol. The Morgan fingerprint density at radius 3 is 2.62 bits per heavy atom. The van der Waals surface area contributed by atoms with Crippen LogP contribution in [0.2, 0.25) is 0 Å². The first kappa shape index (κ1) is 19.7. The van der Waals surface area contributed by atoms with E-state index in [1.807, 2.05) is 48.5 Å². The summed E-state index contributed by atoms with van der Waals surface area (Å²) in [5.41, 5.74) is 2.82. The maximum atomic E-state index is 13.8. The zero-order valence-corrected chi connectivity index (χ0v) is 18.2. The number of anilines is 1. The summed E-state index contributed by atoms with van der Waals surface area (Å²) in [5, 5.41) is 3.12. The van der Waals surface area contributed by atoms with Crippen LogP contribution in [0.5, 0.6) is 0 Å². The van der Waals surface area contributed by atoms with Crippen molar-refractivity contribution >= 4 is 23.4 Å². The molecule has 32 heavy (non-hydrogen) atoms. The van der Waals surface area contributed by atoms with Crippen LogP contribution in [0.25, 0.3) is 0 Å². The molecular formula is C26H27N3O3. The van der Waals surface area contributed by atoms with Crippen LogP contribution in [-0.4, -0.2) is 46.7 Å². The number of amides is 3. The van der Waals surface area contributed by atoms with E-state index >= 15 is 0 Å². The lowest BCUT2D eigenvalue weighted by Gasteiger charge is -2.36. The standard InChI is InChI=1S/C26H27N3O3/c1-2-17-10-6-11-18-22(17)27-25(32)26(18)21-20(19-12-7-14-29(19)26)23(30)28(24(21)31)15-13-16-8-4-3-5-9-16/h3-6,8-11,19-21H,2,7,12-15H2,1H3,(H,27,32). The van der Waals surface area contributed by atoms with Crippen molar-refractivity contribution < 1.29 is 14.4 Å². The van der Waals surface area contributed by atoms with Crippen molar-refractivity contribution in [2.24, 2.45) is 11.8 Å². The van der Waals surface area contributed by atoms with E-state index in [0.717, 1.165) is 48.2 Å². The first-order chi connectivity index (χ1) is 15.6. The Kier molecular flexibility index (Phi) is 4.31. The van der Waals surface area contributed by atoms with Crippen LogP contribution >= 0.6 is 0 Å². The highest BCUT2D eigenvalue weighted by atomic mass is 16.2. The molecule has 6 rings (SSSR count). The maximum Gasteiger partial charge on any atom is 0.250 e.